The maximum Gasteiger partial charge on any atom is 0.153 e. The van der Waals surface area contributed by atoms with Crippen LogP contribution in [-0.2, 0) is 0 Å². The fraction of sp³-hybridized carbons (Fsp3) is 0. The summed E-state index contributed by atoms with van der Waals surface area (Å²) in [5.74, 6) is 1.72. The van der Waals surface area contributed by atoms with E-state index in [4.69, 9.17) is 16.8 Å². The van der Waals surface area contributed by atoms with Crippen LogP contribution in [0.2, 0.25) is 0 Å². The number of halogens is 4. The molecule has 2 aromatic rings. The van der Waals surface area contributed by atoms with Crippen LogP contribution < -0.4 is 11.6 Å². The highest BCUT2D eigenvalue weighted by molar-refractivity contribution is 5.97. The van der Waals surface area contributed by atoms with E-state index in [0.29, 0.717) is 12.1 Å². The second-order valence-corrected chi connectivity index (χ2v) is 3.87. The molecule has 0 atom stereocenters. The van der Waals surface area contributed by atoms with Crippen LogP contribution in [0.15, 0.2) is 41.5 Å². The second-order valence-electron chi connectivity index (χ2n) is 3.87. The van der Waals surface area contributed by atoms with Gasteiger partial charge in [-0.15, -0.1) is 0 Å². The number of nitrogens with zero attached hydrogens (tertiary/aromatic N) is 2. The molecule has 0 aliphatic rings. The van der Waals surface area contributed by atoms with Crippen LogP contribution in [0.5, 0.6) is 0 Å². The molecular formula is C14H10F4N4. The predicted molar refractivity (Wildman–Crippen MR) is 72.3 cm³/mol. The molecule has 0 bridgehead atoms. The molecule has 4 nitrogen and oxygen atoms in total. The molecule has 22 heavy (non-hydrogen) atoms. The van der Waals surface area contributed by atoms with Gasteiger partial charge in [0.2, 0.25) is 0 Å². The molecule has 0 aromatic heterocycles. The van der Waals surface area contributed by atoms with E-state index in [-0.39, 0.29) is 17.0 Å². The van der Waals surface area contributed by atoms with Crippen molar-refractivity contribution in [1.82, 2.24) is 0 Å². The molecule has 0 fully saturated rings. The van der Waals surface area contributed by atoms with Gasteiger partial charge in [-0.3, -0.25) is 0 Å². The Morgan fingerprint density at radius 2 is 1.50 bits per heavy atom. The van der Waals surface area contributed by atoms with Crippen LogP contribution in [0.25, 0.3) is 0 Å². The Bertz CT molecular complexity index is 738. The molecule has 0 spiro atoms. The molecule has 8 heteroatoms. The number of hydrazone groups is 1. The molecule has 0 amide bonds. The van der Waals surface area contributed by atoms with Crippen LogP contribution in [0.4, 0.5) is 17.6 Å². The van der Waals surface area contributed by atoms with Gasteiger partial charge in [-0.25, -0.2) is 17.6 Å². The first-order valence-electron chi connectivity index (χ1n) is 5.73. The highest BCUT2D eigenvalue weighted by Crippen LogP contribution is 2.08. The summed E-state index contributed by atoms with van der Waals surface area (Å²) in [6.07, 6.45) is 0. The standard InChI is InChI=1S/C7H7F2N3.C7H3F2N/c8-4-1-2-5(6(9)3-4)7(10)12-11;8-6-2-1-5(4-10)7(9)3-6/h1-3H,11H2,(H2,10,12);1-3H. The Kier molecular flexibility index (Phi) is 5.89. The van der Waals surface area contributed by atoms with Crippen molar-refractivity contribution in [3.05, 3.63) is 70.8 Å². The van der Waals surface area contributed by atoms with Crippen molar-refractivity contribution in [2.75, 3.05) is 0 Å². The fourth-order valence-electron chi connectivity index (χ4n) is 1.35. The van der Waals surface area contributed by atoms with Crippen LogP contribution >= 0.6 is 0 Å². The normalized spacial score (nSPS) is 10.4. The van der Waals surface area contributed by atoms with E-state index in [1.165, 1.54) is 6.07 Å². The summed E-state index contributed by atoms with van der Waals surface area (Å²) in [6.45, 7) is 0. The minimum absolute atomic E-state index is 0.00102. The van der Waals surface area contributed by atoms with Crippen molar-refractivity contribution < 1.29 is 17.6 Å². The minimum atomic E-state index is -0.817. The smallest absolute Gasteiger partial charge is 0.153 e. The first-order chi connectivity index (χ1) is 10.4. The van der Waals surface area contributed by atoms with E-state index in [1.54, 1.807) is 6.07 Å². The largest absolute Gasteiger partial charge is 0.382 e. The molecular weight excluding hydrogens is 300 g/mol. The van der Waals surface area contributed by atoms with Crippen molar-refractivity contribution in [2.45, 2.75) is 0 Å². The number of amidine groups is 1. The third-order valence-electron chi connectivity index (χ3n) is 2.40. The van der Waals surface area contributed by atoms with E-state index in [1.807, 2.05) is 0 Å². The predicted octanol–water partition coefficient (Wildman–Crippen LogP) is 2.38. The van der Waals surface area contributed by atoms with Gasteiger partial charge in [0, 0.05) is 12.1 Å². The van der Waals surface area contributed by atoms with Crippen molar-refractivity contribution in [3.8, 4) is 6.07 Å². The summed E-state index contributed by atoms with van der Waals surface area (Å²) in [4.78, 5) is 0. The zero-order valence-corrected chi connectivity index (χ0v) is 11.0. The summed E-state index contributed by atoms with van der Waals surface area (Å²) in [5, 5.41) is 11.3. The molecule has 114 valence electrons. The molecule has 2 aromatic carbocycles. The molecule has 0 unspecified atom stereocenters. The van der Waals surface area contributed by atoms with Crippen molar-refractivity contribution in [3.63, 3.8) is 0 Å². The van der Waals surface area contributed by atoms with E-state index >= 15 is 0 Å². The van der Waals surface area contributed by atoms with Gasteiger partial charge < -0.3 is 11.6 Å². The Balaban J connectivity index is 0.000000224. The maximum absolute atomic E-state index is 12.8. The average Bonchev–Trinajstić information content (AvgIpc) is 2.47. The lowest BCUT2D eigenvalue weighted by atomic mass is 10.2. The number of hydrogen-bond acceptors (Lipinski definition) is 3. The molecule has 4 N–H and O–H groups in total. The fourth-order valence-corrected chi connectivity index (χ4v) is 1.35. The van der Waals surface area contributed by atoms with Gasteiger partial charge in [0.15, 0.2) is 5.84 Å². The minimum Gasteiger partial charge on any atom is -0.382 e. The number of nitrogens with two attached hydrogens (primary N) is 2. The van der Waals surface area contributed by atoms with Gasteiger partial charge in [0.05, 0.1) is 11.1 Å². The van der Waals surface area contributed by atoms with Crippen LogP contribution in [-0.4, -0.2) is 5.84 Å². The summed E-state index contributed by atoms with van der Waals surface area (Å²) in [6, 6.07) is 7.38. The van der Waals surface area contributed by atoms with E-state index in [9.17, 15) is 17.6 Å². The Hall–Kier alpha value is -3.08. The number of hydrogen-bond donors (Lipinski definition) is 2. The number of benzene rings is 2. The lowest BCUT2D eigenvalue weighted by Gasteiger charge is -1.99. The first-order valence-corrected chi connectivity index (χ1v) is 5.73. The number of nitriles is 1. The Morgan fingerprint density at radius 1 is 0.955 bits per heavy atom. The Labute approximate surface area is 123 Å². The molecule has 0 aliphatic carbocycles. The van der Waals surface area contributed by atoms with Crippen LogP contribution in [0.1, 0.15) is 11.1 Å². The molecule has 0 saturated heterocycles. The van der Waals surface area contributed by atoms with Gasteiger partial charge in [-0.2, -0.15) is 10.4 Å². The van der Waals surface area contributed by atoms with E-state index in [2.05, 4.69) is 5.10 Å². The maximum atomic E-state index is 12.8. The third kappa shape index (κ3) is 4.49. The number of rotatable bonds is 1. The molecule has 2 rings (SSSR count). The van der Waals surface area contributed by atoms with Crippen molar-refractivity contribution >= 4 is 5.84 Å². The summed E-state index contributed by atoms with van der Waals surface area (Å²) >= 11 is 0. The second kappa shape index (κ2) is 7.64. The molecule has 0 heterocycles. The summed E-state index contributed by atoms with van der Waals surface area (Å²) in [5.41, 5.74) is 5.07. The topological polar surface area (TPSA) is 88.2 Å². The van der Waals surface area contributed by atoms with Crippen LogP contribution in [0, 0.1) is 34.6 Å². The van der Waals surface area contributed by atoms with Gasteiger partial charge in [0.1, 0.15) is 29.3 Å². The first kappa shape index (κ1) is 17.0. The van der Waals surface area contributed by atoms with E-state index in [0.717, 1.165) is 18.2 Å². The lowest BCUT2D eigenvalue weighted by Crippen LogP contribution is -2.17. The highest BCUT2D eigenvalue weighted by Gasteiger charge is 2.06. The third-order valence-corrected chi connectivity index (χ3v) is 2.40. The van der Waals surface area contributed by atoms with Gasteiger partial charge in [-0.05, 0) is 24.3 Å². The van der Waals surface area contributed by atoms with Crippen molar-refractivity contribution in [1.29, 1.82) is 5.26 Å². The van der Waals surface area contributed by atoms with Crippen LogP contribution in [0.3, 0.4) is 0 Å². The van der Waals surface area contributed by atoms with Gasteiger partial charge in [-0.1, -0.05) is 0 Å². The van der Waals surface area contributed by atoms with Gasteiger partial charge in [0.25, 0.3) is 0 Å². The quantitative estimate of drug-likeness (QED) is 0.279. The van der Waals surface area contributed by atoms with Crippen molar-refractivity contribution in [2.24, 2.45) is 16.7 Å². The highest BCUT2D eigenvalue weighted by atomic mass is 19.1. The summed E-state index contributed by atoms with van der Waals surface area (Å²) < 4.78 is 49.7. The lowest BCUT2D eigenvalue weighted by molar-refractivity contribution is 0.580. The SMILES string of the molecule is N#Cc1ccc(F)cc1F.NN=C(N)c1ccc(F)cc1F. The van der Waals surface area contributed by atoms with Gasteiger partial charge >= 0.3 is 0 Å². The zero-order valence-electron chi connectivity index (χ0n) is 11.0. The monoisotopic (exact) mass is 310 g/mol. The average molecular weight is 310 g/mol. The Morgan fingerprint density at radius 3 is 1.95 bits per heavy atom. The molecule has 0 radical (unpaired) electrons. The zero-order chi connectivity index (χ0) is 16.7. The van der Waals surface area contributed by atoms with E-state index < -0.39 is 23.3 Å². The molecule has 0 saturated carbocycles. The summed E-state index contributed by atoms with van der Waals surface area (Å²) in [7, 11) is 0. The molecule has 0 aliphatic heterocycles.